The van der Waals surface area contributed by atoms with Gasteiger partial charge in [0.1, 0.15) is 6.04 Å². The van der Waals surface area contributed by atoms with Crippen LogP contribution in [0.5, 0.6) is 0 Å². The van der Waals surface area contributed by atoms with Gasteiger partial charge >= 0.3 is 0 Å². The van der Waals surface area contributed by atoms with E-state index >= 15 is 0 Å². The molecule has 0 bridgehead atoms. The minimum absolute atomic E-state index is 0.0973. The van der Waals surface area contributed by atoms with Crippen LogP contribution in [-0.2, 0) is 16.0 Å². The molecule has 5 heteroatoms. The van der Waals surface area contributed by atoms with E-state index in [9.17, 15) is 9.59 Å². The molecule has 2 amide bonds. The Labute approximate surface area is 172 Å². The van der Waals surface area contributed by atoms with E-state index < -0.39 is 6.04 Å². The first-order valence-electron chi connectivity index (χ1n) is 10.8. The van der Waals surface area contributed by atoms with Gasteiger partial charge in [0, 0.05) is 44.4 Å². The second-order valence-corrected chi connectivity index (χ2v) is 8.14. The molecule has 2 heterocycles. The maximum Gasteiger partial charge on any atom is 0.245 e. The van der Waals surface area contributed by atoms with Crippen molar-refractivity contribution in [3.63, 3.8) is 0 Å². The molecule has 4 rings (SSSR count). The van der Waals surface area contributed by atoms with Crippen molar-refractivity contribution in [3.8, 4) is 11.1 Å². The molecule has 29 heavy (non-hydrogen) atoms. The predicted molar refractivity (Wildman–Crippen MR) is 113 cm³/mol. The molecule has 5 nitrogen and oxygen atoms in total. The van der Waals surface area contributed by atoms with Crippen molar-refractivity contribution in [1.29, 1.82) is 0 Å². The quantitative estimate of drug-likeness (QED) is 0.757. The SMILES string of the molecule is CCCN1CCN(C(=O)C2CCC2)[C@H](Cc2cccc(-c3ccncc3)c2)C1=O. The second kappa shape index (κ2) is 8.76. The minimum Gasteiger partial charge on any atom is -0.339 e. The predicted octanol–water partition coefficient (Wildman–Crippen LogP) is 3.54. The molecule has 1 saturated heterocycles. The van der Waals surface area contributed by atoms with Gasteiger partial charge in [-0.15, -0.1) is 0 Å². The fourth-order valence-corrected chi connectivity index (χ4v) is 4.33. The van der Waals surface area contributed by atoms with E-state index in [0.29, 0.717) is 19.5 Å². The van der Waals surface area contributed by atoms with Crippen molar-refractivity contribution >= 4 is 11.8 Å². The van der Waals surface area contributed by atoms with E-state index in [-0.39, 0.29) is 17.7 Å². The largest absolute Gasteiger partial charge is 0.339 e. The van der Waals surface area contributed by atoms with Gasteiger partial charge in [-0.05, 0) is 48.1 Å². The van der Waals surface area contributed by atoms with Crippen molar-refractivity contribution in [2.45, 2.75) is 45.1 Å². The summed E-state index contributed by atoms with van der Waals surface area (Å²) in [6.45, 7) is 4.15. The van der Waals surface area contributed by atoms with Gasteiger partial charge in [-0.2, -0.15) is 0 Å². The second-order valence-electron chi connectivity index (χ2n) is 8.14. The molecular formula is C24H29N3O2. The van der Waals surface area contributed by atoms with Crippen molar-refractivity contribution in [1.82, 2.24) is 14.8 Å². The zero-order chi connectivity index (χ0) is 20.2. The normalized spacial score (nSPS) is 19.9. The fourth-order valence-electron chi connectivity index (χ4n) is 4.33. The first kappa shape index (κ1) is 19.6. The number of aromatic nitrogens is 1. The third-order valence-corrected chi connectivity index (χ3v) is 6.18. The number of rotatable bonds is 6. The molecular weight excluding hydrogens is 362 g/mol. The highest BCUT2D eigenvalue weighted by atomic mass is 16.2. The molecule has 152 valence electrons. The fraction of sp³-hybridized carbons (Fsp3) is 0.458. The number of nitrogens with zero attached hydrogens (tertiary/aromatic N) is 3. The topological polar surface area (TPSA) is 53.5 Å². The average molecular weight is 392 g/mol. The average Bonchev–Trinajstić information content (AvgIpc) is 2.71. The number of amides is 2. The van der Waals surface area contributed by atoms with Crippen molar-refractivity contribution in [2.24, 2.45) is 5.92 Å². The summed E-state index contributed by atoms with van der Waals surface area (Å²) in [6.07, 6.45) is 8.13. The van der Waals surface area contributed by atoms with Crippen LogP contribution in [0.1, 0.15) is 38.2 Å². The number of pyridine rings is 1. The first-order chi connectivity index (χ1) is 14.2. The number of carbonyl (C=O) groups is 2. The summed E-state index contributed by atoms with van der Waals surface area (Å²) in [7, 11) is 0. The van der Waals surface area contributed by atoms with Crippen LogP contribution in [0.4, 0.5) is 0 Å². The Morgan fingerprint density at radius 3 is 2.59 bits per heavy atom. The molecule has 1 aromatic heterocycles. The number of piperazine rings is 1. The molecule has 1 aliphatic carbocycles. The van der Waals surface area contributed by atoms with Gasteiger partial charge in [-0.3, -0.25) is 14.6 Å². The van der Waals surface area contributed by atoms with Crippen molar-refractivity contribution < 1.29 is 9.59 Å². The maximum absolute atomic E-state index is 13.2. The lowest BCUT2D eigenvalue weighted by molar-refractivity contribution is -0.155. The van der Waals surface area contributed by atoms with Gasteiger partial charge in [0.2, 0.25) is 11.8 Å². The molecule has 0 N–H and O–H groups in total. The van der Waals surface area contributed by atoms with Crippen LogP contribution in [-0.4, -0.2) is 52.3 Å². The highest BCUT2D eigenvalue weighted by molar-refractivity contribution is 5.90. The molecule has 2 aliphatic rings. The van der Waals surface area contributed by atoms with Crippen LogP contribution in [0.2, 0.25) is 0 Å². The van der Waals surface area contributed by atoms with Gasteiger partial charge in [-0.25, -0.2) is 0 Å². The summed E-state index contributed by atoms with van der Waals surface area (Å²) in [6, 6.07) is 11.9. The molecule has 2 aromatic rings. The molecule has 1 saturated carbocycles. The highest BCUT2D eigenvalue weighted by Crippen LogP contribution is 2.31. The first-order valence-corrected chi connectivity index (χ1v) is 10.8. The monoisotopic (exact) mass is 391 g/mol. The van der Waals surface area contributed by atoms with Gasteiger partial charge in [0.25, 0.3) is 0 Å². The van der Waals surface area contributed by atoms with Gasteiger partial charge in [0.15, 0.2) is 0 Å². The van der Waals surface area contributed by atoms with Crippen LogP contribution in [0.15, 0.2) is 48.8 Å². The Balaban J connectivity index is 1.58. The van der Waals surface area contributed by atoms with E-state index in [0.717, 1.165) is 48.9 Å². The number of hydrogen-bond acceptors (Lipinski definition) is 3. The molecule has 1 atom stereocenters. The Bertz CT molecular complexity index is 863. The summed E-state index contributed by atoms with van der Waals surface area (Å²) in [5.41, 5.74) is 3.30. The molecule has 0 spiro atoms. The number of hydrogen-bond donors (Lipinski definition) is 0. The lowest BCUT2D eigenvalue weighted by atomic mass is 9.83. The molecule has 0 unspecified atom stereocenters. The Kier molecular flexibility index (Phi) is 5.93. The Morgan fingerprint density at radius 2 is 1.90 bits per heavy atom. The molecule has 0 radical (unpaired) electrons. The van der Waals surface area contributed by atoms with Gasteiger partial charge in [0.05, 0.1) is 0 Å². The zero-order valence-electron chi connectivity index (χ0n) is 17.1. The highest BCUT2D eigenvalue weighted by Gasteiger charge is 2.40. The zero-order valence-corrected chi connectivity index (χ0v) is 17.1. The van der Waals surface area contributed by atoms with Crippen LogP contribution < -0.4 is 0 Å². The van der Waals surface area contributed by atoms with E-state index in [1.165, 1.54) is 0 Å². The van der Waals surface area contributed by atoms with Crippen LogP contribution in [0.25, 0.3) is 11.1 Å². The molecule has 2 fully saturated rings. The van der Waals surface area contributed by atoms with E-state index in [4.69, 9.17) is 0 Å². The van der Waals surface area contributed by atoms with Crippen molar-refractivity contribution in [3.05, 3.63) is 54.4 Å². The van der Waals surface area contributed by atoms with E-state index in [1.807, 2.05) is 28.0 Å². The summed E-state index contributed by atoms with van der Waals surface area (Å²) >= 11 is 0. The lowest BCUT2D eigenvalue weighted by Gasteiger charge is -2.43. The molecule has 1 aliphatic heterocycles. The van der Waals surface area contributed by atoms with E-state index in [2.05, 4.69) is 30.1 Å². The summed E-state index contributed by atoms with van der Waals surface area (Å²) in [5.74, 6) is 0.391. The number of benzene rings is 1. The van der Waals surface area contributed by atoms with Crippen LogP contribution in [0.3, 0.4) is 0 Å². The third kappa shape index (κ3) is 4.19. The Hall–Kier alpha value is -2.69. The minimum atomic E-state index is -0.393. The van der Waals surface area contributed by atoms with Crippen LogP contribution in [0, 0.1) is 5.92 Å². The van der Waals surface area contributed by atoms with Crippen LogP contribution >= 0.6 is 0 Å². The summed E-state index contributed by atoms with van der Waals surface area (Å²) < 4.78 is 0. The maximum atomic E-state index is 13.2. The van der Waals surface area contributed by atoms with Gasteiger partial charge < -0.3 is 9.80 Å². The Morgan fingerprint density at radius 1 is 1.10 bits per heavy atom. The molecule has 1 aromatic carbocycles. The lowest BCUT2D eigenvalue weighted by Crippen LogP contribution is -2.60. The van der Waals surface area contributed by atoms with Gasteiger partial charge in [-0.1, -0.05) is 37.6 Å². The third-order valence-electron chi connectivity index (χ3n) is 6.18. The summed E-state index contributed by atoms with van der Waals surface area (Å²) in [5, 5.41) is 0. The number of carbonyl (C=O) groups excluding carboxylic acids is 2. The van der Waals surface area contributed by atoms with E-state index in [1.54, 1.807) is 12.4 Å². The van der Waals surface area contributed by atoms with Crippen molar-refractivity contribution in [2.75, 3.05) is 19.6 Å². The summed E-state index contributed by atoms with van der Waals surface area (Å²) in [4.78, 5) is 34.2. The smallest absolute Gasteiger partial charge is 0.245 e. The standard InChI is InChI=1S/C24H29N3O2/c1-2-13-26-14-15-27(23(28)20-6-4-7-20)22(24(26)29)17-18-5-3-8-21(16-18)19-9-11-25-12-10-19/h3,5,8-12,16,20,22H,2,4,6-7,13-15,17H2,1H3/t22-/m1/s1.